The average molecular weight is 357 g/mol. The van der Waals surface area contributed by atoms with Crippen LogP contribution in [0.2, 0.25) is 0 Å². The molecule has 1 aromatic carbocycles. The van der Waals surface area contributed by atoms with Crippen molar-refractivity contribution in [1.29, 1.82) is 0 Å². The zero-order chi connectivity index (χ0) is 18.5. The SMILES string of the molecule is Cc1cccc(C)c1/C=C/C1CCN(C(=O)CN(C)[C@@H]2CCOC2)CC1. The van der Waals surface area contributed by atoms with Crippen LogP contribution in [0.5, 0.6) is 0 Å². The van der Waals surface area contributed by atoms with E-state index in [2.05, 4.69) is 49.1 Å². The minimum atomic E-state index is 0.261. The summed E-state index contributed by atoms with van der Waals surface area (Å²) in [5.74, 6) is 0.829. The Kier molecular flexibility index (Phi) is 6.49. The van der Waals surface area contributed by atoms with Crippen LogP contribution in [-0.4, -0.2) is 61.6 Å². The Hall–Kier alpha value is -1.65. The quantitative estimate of drug-likeness (QED) is 0.812. The Bertz CT molecular complexity index is 621. The van der Waals surface area contributed by atoms with Crippen LogP contribution in [0.4, 0.5) is 0 Å². The summed E-state index contributed by atoms with van der Waals surface area (Å²) in [7, 11) is 2.04. The highest BCUT2D eigenvalue weighted by molar-refractivity contribution is 5.78. The summed E-state index contributed by atoms with van der Waals surface area (Å²) < 4.78 is 5.43. The van der Waals surface area contributed by atoms with Crippen molar-refractivity contribution in [2.24, 2.45) is 5.92 Å². The number of amides is 1. The number of likely N-dealkylation sites (tertiary alicyclic amines) is 1. The summed E-state index contributed by atoms with van der Waals surface area (Å²) in [6.07, 6.45) is 7.78. The monoisotopic (exact) mass is 356 g/mol. The van der Waals surface area contributed by atoms with Crippen LogP contribution in [0.1, 0.15) is 36.0 Å². The molecule has 4 nitrogen and oxygen atoms in total. The third-order valence-electron chi connectivity index (χ3n) is 5.88. The van der Waals surface area contributed by atoms with Gasteiger partial charge < -0.3 is 9.64 Å². The minimum Gasteiger partial charge on any atom is -0.380 e. The molecule has 26 heavy (non-hydrogen) atoms. The van der Waals surface area contributed by atoms with Crippen molar-refractivity contribution in [3.05, 3.63) is 41.0 Å². The van der Waals surface area contributed by atoms with Crippen molar-refractivity contribution in [2.45, 2.75) is 39.2 Å². The number of carbonyl (C=O) groups is 1. The summed E-state index contributed by atoms with van der Waals surface area (Å²) in [4.78, 5) is 16.8. The van der Waals surface area contributed by atoms with Crippen LogP contribution in [0.3, 0.4) is 0 Å². The average Bonchev–Trinajstić information content (AvgIpc) is 3.16. The maximum Gasteiger partial charge on any atom is 0.236 e. The fourth-order valence-electron chi connectivity index (χ4n) is 3.98. The molecule has 0 spiro atoms. The number of allylic oxidation sites excluding steroid dienone is 1. The van der Waals surface area contributed by atoms with E-state index in [1.54, 1.807) is 0 Å². The first kappa shape index (κ1) is 19.1. The number of piperidine rings is 1. The highest BCUT2D eigenvalue weighted by Crippen LogP contribution is 2.22. The second-order valence-corrected chi connectivity index (χ2v) is 7.82. The molecular formula is C22H32N2O2. The molecule has 3 rings (SSSR count). The number of likely N-dealkylation sites (N-methyl/N-ethyl adjacent to an activating group) is 1. The van der Waals surface area contributed by atoms with E-state index in [0.29, 0.717) is 18.5 Å². The van der Waals surface area contributed by atoms with E-state index in [1.165, 1.54) is 16.7 Å². The van der Waals surface area contributed by atoms with Gasteiger partial charge in [0.15, 0.2) is 0 Å². The van der Waals surface area contributed by atoms with Crippen molar-refractivity contribution in [3.63, 3.8) is 0 Å². The van der Waals surface area contributed by atoms with Gasteiger partial charge >= 0.3 is 0 Å². The van der Waals surface area contributed by atoms with Crippen molar-refractivity contribution < 1.29 is 9.53 Å². The third kappa shape index (κ3) is 4.74. The highest BCUT2D eigenvalue weighted by Gasteiger charge is 2.26. The van der Waals surface area contributed by atoms with Crippen LogP contribution < -0.4 is 0 Å². The molecular weight excluding hydrogens is 324 g/mol. The van der Waals surface area contributed by atoms with Gasteiger partial charge in [-0.1, -0.05) is 30.4 Å². The standard InChI is InChI=1S/C22H32N2O2/c1-17-5-4-6-18(2)21(17)8-7-19-9-12-24(13-10-19)22(25)15-23(3)20-11-14-26-16-20/h4-8,19-20H,9-16H2,1-3H3/b8-7+/t20-/m1/s1. The molecule has 2 aliphatic heterocycles. The van der Waals surface area contributed by atoms with Gasteiger partial charge in [-0.25, -0.2) is 0 Å². The minimum absolute atomic E-state index is 0.261. The number of nitrogens with zero attached hydrogens (tertiary/aromatic N) is 2. The lowest BCUT2D eigenvalue weighted by Crippen LogP contribution is -2.45. The molecule has 0 aliphatic carbocycles. The first-order chi connectivity index (χ1) is 12.5. The number of carbonyl (C=O) groups excluding carboxylic acids is 1. The molecule has 0 unspecified atom stereocenters. The molecule has 2 aliphatic rings. The van der Waals surface area contributed by atoms with E-state index in [0.717, 1.165) is 45.6 Å². The summed E-state index contributed by atoms with van der Waals surface area (Å²) in [5.41, 5.74) is 3.99. The lowest BCUT2D eigenvalue weighted by atomic mass is 9.94. The van der Waals surface area contributed by atoms with Gasteiger partial charge in [0.1, 0.15) is 0 Å². The van der Waals surface area contributed by atoms with Gasteiger partial charge in [0.05, 0.1) is 13.2 Å². The first-order valence-electron chi connectivity index (χ1n) is 9.85. The van der Waals surface area contributed by atoms with E-state index in [4.69, 9.17) is 4.74 Å². The molecule has 1 aromatic rings. The number of rotatable bonds is 5. The Balaban J connectivity index is 1.48. The second-order valence-electron chi connectivity index (χ2n) is 7.82. The molecule has 0 N–H and O–H groups in total. The number of ether oxygens (including phenoxy) is 1. The smallest absolute Gasteiger partial charge is 0.236 e. The largest absolute Gasteiger partial charge is 0.380 e. The topological polar surface area (TPSA) is 32.8 Å². The number of hydrogen-bond acceptors (Lipinski definition) is 3. The first-order valence-corrected chi connectivity index (χ1v) is 9.85. The zero-order valence-corrected chi connectivity index (χ0v) is 16.4. The van der Waals surface area contributed by atoms with E-state index in [-0.39, 0.29) is 5.91 Å². The molecule has 2 saturated heterocycles. The molecule has 0 aromatic heterocycles. The Morgan fingerprint density at radius 3 is 2.54 bits per heavy atom. The maximum absolute atomic E-state index is 12.6. The van der Waals surface area contributed by atoms with Crippen molar-refractivity contribution in [2.75, 3.05) is 39.9 Å². The van der Waals surface area contributed by atoms with Crippen molar-refractivity contribution in [3.8, 4) is 0 Å². The van der Waals surface area contributed by atoms with Gasteiger partial charge in [0.2, 0.25) is 5.91 Å². The van der Waals surface area contributed by atoms with E-state index in [1.807, 2.05) is 11.9 Å². The van der Waals surface area contributed by atoms with Crippen molar-refractivity contribution in [1.82, 2.24) is 9.80 Å². The van der Waals surface area contributed by atoms with Crippen LogP contribution >= 0.6 is 0 Å². The molecule has 142 valence electrons. The number of benzene rings is 1. The molecule has 0 radical (unpaired) electrons. The summed E-state index contributed by atoms with van der Waals surface area (Å²) >= 11 is 0. The van der Waals surface area contributed by atoms with Gasteiger partial charge in [0.25, 0.3) is 0 Å². The third-order valence-corrected chi connectivity index (χ3v) is 5.88. The summed E-state index contributed by atoms with van der Waals surface area (Å²) in [6.45, 7) is 8.16. The normalized spacial score (nSPS) is 21.8. The molecule has 2 fully saturated rings. The molecule has 1 amide bonds. The highest BCUT2D eigenvalue weighted by atomic mass is 16.5. The van der Waals surface area contributed by atoms with Gasteiger partial charge in [-0.15, -0.1) is 0 Å². The fourth-order valence-corrected chi connectivity index (χ4v) is 3.98. The van der Waals surface area contributed by atoms with E-state index >= 15 is 0 Å². The molecule has 0 saturated carbocycles. The predicted molar refractivity (Wildman–Crippen MR) is 106 cm³/mol. The fraction of sp³-hybridized carbons (Fsp3) is 0.591. The maximum atomic E-state index is 12.6. The van der Waals surface area contributed by atoms with Gasteiger partial charge in [0, 0.05) is 25.7 Å². The zero-order valence-electron chi connectivity index (χ0n) is 16.4. The van der Waals surface area contributed by atoms with Gasteiger partial charge in [-0.2, -0.15) is 0 Å². The Labute approximate surface area is 157 Å². The lowest BCUT2D eigenvalue weighted by molar-refractivity contribution is -0.133. The van der Waals surface area contributed by atoms with Gasteiger partial charge in [-0.05, 0) is 62.8 Å². The number of hydrogen-bond donors (Lipinski definition) is 0. The Morgan fingerprint density at radius 2 is 1.92 bits per heavy atom. The predicted octanol–water partition coefficient (Wildman–Crippen LogP) is 3.28. The van der Waals surface area contributed by atoms with Crippen LogP contribution in [-0.2, 0) is 9.53 Å². The Morgan fingerprint density at radius 1 is 1.23 bits per heavy atom. The molecule has 0 bridgehead atoms. The molecule has 1 atom stereocenters. The van der Waals surface area contributed by atoms with E-state index in [9.17, 15) is 4.79 Å². The summed E-state index contributed by atoms with van der Waals surface area (Å²) in [5, 5.41) is 0. The molecule has 2 heterocycles. The number of aryl methyl sites for hydroxylation is 2. The van der Waals surface area contributed by atoms with Crippen LogP contribution in [0.25, 0.3) is 6.08 Å². The molecule has 4 heteroatoms. The van der Waals surface area contributed by atoms with Gasteiger partial charge in [-0.3, -0.25) is 9.69 Å². The van der Waals surface area contributed by atoms with E-state index < -0.39 is 0 Å². The van der Waals surface area contributed by atoms with Crippen LogP contribution in [0.15, 0.2) is 24.3 Å². The summed E-state index contributed by atoms with van der Waals surface area (Å²) in [6, 6.07) is 6.84. The second kappa shape index (κ2) is 8.83. The van der Waals surface area contributed by atoms with Crippen molar-refractivity contribution >= 4 is 12.0 Å². The lowest BCUT2D eigenvalue weighted by Gasteiger charge is -2.33. The van der Waals surface area contributed by atoms with Crippen LogP contribution in [0, 0.1) is 19.8 Å².